The van der Waals surface area contributed by atoms with Crippen LogP contribution < -0.4 is 0 Å². The zero-order valence-electron chi connectivity index (χ0n) is 7.47. The zero-order chi connectivity index (χ0) is 8.32. The molecule has 1 aliphatic rings. The third-order valence-electron chi connectivity index (χ3n) is 2.28. The van der Waals surface area contributed by atoms with E-state index in [9.17, 15) is 0 Å². The first-order valence-corrected chi connectivity index (χ1v) is 5.96. The lowest BCUT2D eigenvalue weighted by atomic mass is 10.0. The minimum atomic E-state index is 0.263. The summed E-state index contributed by atoms with van der Waals surface area (Å²) in [6.07, 6.45) is 5.02. The van der Waals surface area contributed by atoms with E-state index in [1.165, 1.54) is 19.3 Å². The van der Waals surface area contributed by atoms with E-state index in [2.05, 4.69) is 19.6 Å². The maximum Gasteiger partial charge on any atom is 0.0496 e. The topological polar surface area (TPSA) is 9.23 Å². The van der Waals surface area contributed by atoms with Gasteiger partial charge in [0.15, 0.2) is 0 Å². The van der Waals surface area contributed by atoms with Crippen LogP contribution in [-0.4, -0.2) is 27.3 Å². The molecular weight excluding hydrogens is 172 g/mol. The first-order chi connectivity index (χ1) is 5.12. The summed E-state index contributed by atoms with van der Waals surface area (Å²) in [4.78, 5) is 0. The average Bonchev–Trinajstić information content (AvgIpc) is 1.85. The minimum Gasteiger partial charge on any atom is -0.380 e. The van der Waals surface area contributed by atoms with Gasteiger partial charge < -0.3 is 4.74 Å². The van der Waals surface area contributed by atoms with Gasteiger partial charge in [-0.3, -0.25) is 0 Å². The number of ether oxygens (including phenoxy) is 1. The molecule has 1 rings (SSSR count). The predicted octanol–water partition coefficient (Wildman–Crippen LogP) is 0.957. The lowest BCUT2D eigenvalue weighted by Crippen LogP contribution is -2.38. The minimum absolute atomic E-state index is 0.263. The van der Waals surface area contributed by atoms with Gasteiger partial charge in [-0.25, -0.2) is 0 Å². The predicted molar refractivity (Wildman–Crippen MR) is 55.5 cm³/mol. The Labute approximate surface area is 77.7 Å². The second-order valence-corrected chi connectivity index (χ2v) is 6.51. The number of rotatable bonds is 2. The molecule has 1 aliphatic heterocycles. The highest BCUT2D eigenvalue weighted by Crippen LogP contribution is 2.27. The van der Waals surface area contributed by atoms with E-state index in [1.807, 2.05) is 0 Å². The van der Waals surface area contributed by atoms with Crippen LogP contribution in [0.1, 0.15) is 32.6 Å². The van der Waals surface area contributed by atoms with Crippen molar-refractivity contribution in [3.8, 4) is 0 Å². The third kappa shape index (κ3) is 3.17. The smallest absolute Gasteiger partial charge is 0.0496 e. The van der Waals surface area contributed by atoms with Gasteiger partial charge in [0.05, 0.1) is 0 Å². The van der Waals surface area contributed by atoms with Crippen LogP contribution in [-0.2, 0) is 4.74 Å². The van der Waals surface area contributed by atoms with E-state index in [1.54, 1.807) is 0 Å². The molecule has 3 heteroatoms. The summed E-state index contributed by atoms with van der Waals surface area (Å²) in [5.41, 5.74) is 0. The van der Waals surface area contributed by atoms with Crippen molar-refractivity contribution in [3.05, 3.63) is 0 Å². The van der Waals surface area contributed by atoms with Gasteiger partial charge >= 0.3 is 0 Å². The van der Waals surface area contributed by atoms with E-state index in [-0.39, 0.29) is 5.22 Å². The Morgan fingerprint density at radius 1 is 1.64 bits per heavy atom. The lowest BCUT2D eigenvalue weighted by Gasteiger charge is -2.35. The molecule has 0 aromatic heterocycles. The zero-order valence-corrected chi connectivity index (χ0v) is 10.4. The normalized spacial score (nSPS) is 35.5. The van der Waals surface area contributed by atoms with Crippen molar-refractivity contribution in [2.24, 2.45) is 0 Å². The largest absolute Gasteiger partial charge is 0.380 e. The van der Waals surface area contributed by atoms with Crippen molar-refractivity contribution in [1.29, 1.82) is 0 Å². The van der Waals surface area contributed by atoms with E-state index in [4.69, 9.17) is 4.74 Å². The Bertz CT molecular complexity index is 121. The van der Waals surface area contributed by atoms with Crippen molar-refractivity contribution >= 4 is 22.9 Å². The van der Waals surface area contributed by atoms with Crippen LogP contribution in [0.2, 0.25) is 0 Å². The molecule has 0 amide bonds. The molecule has 1 heterocycles. The number of hydrogen-bond donors (Lipinski definition) is 1. The molecule has 0 aliphatic carbocycles. The second kappa shape index (κ2) is 3.96. The molecule has 2 unspecified atom stereocenters. The van der Waals surface area contributed by atoms with Crippen molar-refractivity contribution in [2.75, 3.05) is 6.61 Å². The fourth-order valence-electron chi connectivity index (χ4n) is 1.78. The van der Waals surface area contributed by atoms with Gasteiger partial charge in [-0.15, -0.1) is 0 Å². The maximum absolute atomic E-state index is 5.79. The summed E-state index contributed by atoms with van der Waals surface area (Å²) in [5, 5.41) is 0.755. The molecule has 0 bridgehead atoms. The fourth-order valence-corrected chi connectivity index (χ4v) is 3.68. The molecule has 11 heavy (non-hydrogen) atoms. The summed E-state index contributed by atoms with van der Waals surface area (Å²) >= 11 is 4.40. The standard InChI is InChI=1S/C8H18OSSi/c1-7(10)6-8(11)4-2-3-5-9-8/h7,10H,2-6H2,1,11H3. The summed E-state index contributed by atoms with van der Waals surface area (Å²) in [7, 11) is 1.16. The Kier molecular flexibility index (Phi) is 3.46. The van der Waals surface area contributed by atoms with E-state index in [0.717, 1.165) is 23.3 Å². The molecule has 0 aromatic carbocycles. The number of thiol groups is 1. The molecule has 1 fully saturated rings. The van der Waals surface area contributed by atoms with Crippen molar-refractivity contribution in [1.82, 2.24) is 0 Å². The molecule has 66 valence electrons. The molecule has 0 N–H and O–H groups in total. The molecule has 2 atom stereocenters. The molecule has 1 saturated heterocycles. The van der Waals surface area contributed by atoms with Crippen LogP contribution in [0.4, 0.5) is 0 Å². The van der Waals surface area contributed by atoms with Gasteiger partial charge in [0, 0.05) is 27.3 Å². The Morgan fingerprint density at radius 2 is 2.36 bits per heavy atom. The van der Waals surface area contributed by atoms with Gasteiger partial charge in [0.25, 0.3) is 0 Å². The van der Waals surface area contributed by atoms with Crippen LogP contribution in [0.5, 0.6) is 0 Å². The number of hydrogen-bond acceptors (Lipinski definition) is 2. The molecule has 1 nitrogen and oxygen atoms in total. The first-order valence-electron chi connectivity index (χ1n) is 4.44. The molecule has 0 radical (unpaired) electrons. The lowest BCUT2D eigenvalue weighted by molar-refractivity contribution is -0.0219. The van der Waals surface area contributed by atoms with Crippen LogP contribution in [0, 0.1) is 0 Å². The highest BCUT2D eigenvalue weighted by molar-refractivity contribution is 7.80. The quantitative estimate of drug-likeness (QED) is 0.504. The van der Waals surface area contributed by atoms with Gasteiger partial charge in [-0.05, 0) is 25.7 Å². The summed E-state index contributed by atoms with van der Waals surface area (Å²) in [5.74, 6) is 0. The summed E-state index contributed by atoms with van der Waals surface area (Å²) in [6, 6.07) is 0. The van der Waals surface area contributed by atoms with E-state index >= 15 is 0 Å². The van der Waals surface area contributed by atoms with Gasteiger partial charge in [0.1, 0.15) is 0 Å². The second-order valence-electron chi connectivity index (χ2n) is 3.81. The molecule has 0 saturated carbocycles. The van der Waals surface area contributed by atoms with E-state index in [0.29, 0.717) is 5.25 Å². The molecular formula is C8H18OSSi. The monoisotopic (exact) mass is 190 g/mol. The Balaban J connectivity index is 2.37. The molecule has 0 aromatic rings. The van der Waals surface area contributed by atoms with Crippen molar-refractivity contribution < 1.29 is 4.74 Å². The van der Waals surface area contributed by atoms with Gasteiger partial charge in [-0.1, -0.05) is 6.92 Å². The van der Waals surface area contributed by atoms with E-state index < -0.39 is 0 Å². The summed E-state index contributed by atoms with van der Waals surface area (Å²) < 4.78 is 5.79. The average molecular weight is 190 g/mol. The Hall–Kier alpha value is 0.527. The Morgan fingerprint density at radius 3 is 2.82 bits per heavy atom. The van der Waals surface area contributed by atoms with Crippen molar-refractivity contribution in [3.63, 3.8) is 0 Å². The maximum atomic E-state index is 5.79. The van der Waals surface area contributed by atoms with Gasteiger partial charge in [0.2, 0.25) is 0 Å². The highest BCUT2D eigenvalue weighted by Gasteiger charge is 2.28. The van der Waals surface area contributed by atoms with Crippen LogP contribution in [0.3, 0.4) is 0 Å². The highest BCUT2D eigenvalue weighted by atomic mass is 32.1. The van der Waals surface area contributed by atoms with Gasteiger partial charge in [-0.2, -0.15) is 12.6 Å². The fraction of sp³-hybridized carbons (Fsp3) is 1.00. The van der Waals surface area contributed by atoms with Crippen LogP contribution >= 0.6 is 12.6 Å². The molecule has 0 spiro atoms. The van der Waals surface area contributed by atoms with Crippen molar-refractivity contribution in [2.45, 2.75) is 43.1 Å². The third-order valence-corrected chi connectivity index (χ3v) is 3.66. The SMILES string of the molecule is CC(S)CC1([SiH3])CCCCO1. The first kappa shape index (κ1) is 9.61. The summed E-state index contributed by atoms with van der Waals surface area (Å²) in [6.45, 7) is 3.13. The van der Waals surface area contributed by atoms with Crippen LogP contribution in [0.25, 0.3) is 0 Å². The van der Waals surface area contributed by atoms with Crippen LogP contribution in [0.15, 0.2) is 0 Å².